The molecule has 1 N–H and O–H groups in total. The summed E-state index contributed by atoms with van der Waals surface area (Å²) in [4.78, 5) is 11.4. The van der Waals surface area contributed by atoms with Gasteiger partial charge in [0.05, 0.1) is 11.4 Å². The van der Waals surface area contributed by atoms with E-state index in [0.717, 1.165) is 0 Å². The quantitative estimate of drug-likeness (QED) is 0.875. The van der Waals surface area contributed by atoms with Gasteiger partial charge in [-0.1, -0.05) is 0 Å². The smallest absolute Gasteiger partial charge is 0.251 e. The highest BCUT2D eigenvalue weighted by Gasteiger charge is 2.18. The largest absolute Gasteiger partial charge is 0.355 e. The van der Waals surface area contributed by atoms with Crippen LogP contribution in [-0.2, 0) is 10.0 Å². The van der Waals surface area contributed by atoms with Crippen molar-refractivity contribution in [2.75, 3.05) is 23.7 Å². The number of anilines is 1. The number of nitrogens with one attached hydrogen (secondary N) is 1. The van der Waals surface area contributed by atoms with Crippen LogP contribution in [0, 0.1) is 0 Å². The molecule has 0 atom stereocenters. The van der Waals surface area contributed by atoms with Crippen LogP contribution in [0.5, 0.6) is 0 Å². The van der Waals surface area contributed by atoms with E-state index in [9.17, 15) is 13.2 Å². The molecule has 0 heterocycles. The van der Waals surface area contributed by atoms with Crippen molar-refractivity contribution in [3.05, 3.63) is 29.8 Å². The number of rotatable bonds is 5. The van der Waals surface area contributed by atoms with Crippen LogP contribution in [0.4, 0.5) is 5.69 Å². The van der Waals surface area contributed by atoms with Crippen molar-refractivity contribution in [2.45, 2.75) is 13.8 Å². The average molecular weight is 270 g/mol. The number of hydrogen-bond donors (Lipinski definition) is 1. The number of amides is 1. The maximum atomic E-state index is 11.9. The summed E-state index contributed by atoms with van der Waals surface area (Å²) < 4.78 is 25.0. The lowest BCUT2D eigenvalue weighted by molar-refractivity contribution is 0.0963. The zero-order valence-electron chi connectivity index (χ0n) is 10.8. The topological polar surface area (TPSA) is 66.5 Å². The predicted octanol–water partition coefficient (Wildman–Crippen LogP) is 1.22. The SMILES string of the molecule is CCN(c1ccc(C(=O)NC)cc1)S(=O)(=O)CC. The number of benzene rings is 1. The minimum atomic E-state index is -3.27. The summed E-state index contributed by atoms with van der Waals surface area (Å²) in [5, 5.41) is 2.51. The Kier molecular flexibility index (Phi) is 4.72. The maximum absolute atomic E-state index is 11.9. The highest BCUT2D eigenvalue weighted by atomic mass is 32.2. The van der Waals surface area contributed by atoms with E-state index in [0.29, 0.717) is 17.8 Å². The first-order chi connectivity index (χ1) is 8.46. The van der Waals surface area contributed by atoms with E-state index in [1.165, 1.54) is 4.31 Å². The van der Waals surface area contributed by atoms with Gasteiger partial charge >= 0.3 is 0 Å². The van der Waals surface area contributed by atoms with Gasteiger partial charge < -0.3 is 5.32 Å². The highest BCUT2D eigenvalue weighted by molar-refractivity contribution is 7.92. The molecule has 0 aliphatic heterocycles. The molecule has 0 spiro atoms. The normalized spacial score (nSPS) is 11.1. The van der Waals surface area contributed by atoms with Gasteiger partial charge in [0.1, 0.15) is 0 Å². The molecule has 0 aromatic heterocycles. The molecule has 0 fully saturated rings. The molecule has 5 nitrogen and oxygen atoms in total. The van der Waals surface area contributed by atoms with E-state index < -0.39 is 10.0 Å². The summed E-state index contributed by atoms with van der Waals surface area (Å²) in [6.07, 6.45) is 0. The van der Waals surface area contributed by atoms with Gasteiger partial charge in [0.2, 0.25) is 10.0 Å². The zero-order chi connectivity index (χ0) is 13.8. The number of sulfonamides is 1. The first-order valence-electron chi connectivity index (χ1n) is 5.78. The number of hydrogen-bond acceptors (Lipinski definition) is 3. The van der Waals surface area contributed by atoms with Crippen LogP contribution < -0.4 is 9.62 Å². The van der Waals surface area contributed by atoms with Crippen LogP contribution in [0.1, 0.15) is 24.2 Å². The average Bonchev–Trinajstić information content (AvgIpc) is 2.39. The molecule has 1 aromatic rings. The Bertz CT molecular complexity index is 509. The molecule has 0 aliphatic rings. The Morgan fingerprint density at radius 2 is 1.78 bits per heavy atom. The van der Waals surface area contributed by atoms with E-state index in [1.54, 1.807) is 45.2 Å². The second kappa shape index (κ2) is 5.86. The van der Waals surface area contributed by atoms with Crippen molar-refractivity contribution in [1.82, 2.24) is 5.32 Å². The van der Waals surface area contributed by atoms with Gasteiger partial charge in [-0.3, -0.25) is 9.10 Å². The number of carbonyl (C=O) groups excluding carboxylic acids is 1. The third kappa shape index (κ3) is 3.01. The summed E-state index contributed by atoms with van der Waals surface area (Å²) in [7, 11) is -1.72. The van der Waals surface area contributed by atoms with Crippen molar-refractivity contribution in [3.63, 3.8) is 0 Å². The van der Waals surface area contributed by atoms with Crippen LogP contribution in [0.25, 0.3) is 0 Å². The highest BCUT2D eigenvalue weighted by Crippen LogP contribution is 2.18. The Morgan fingerprint density at radius 1 is 1.22 bits per heavy atom. The van der Waals surface area contributed by atoms with Crippen LogP contribution in [-0.4, -0.2) is 33.7 Å². The van der Waals surface area contributed by atoms with Gasteiger partial charge in [-0.05, 0) is 38.1 Å². The molecule has 1 rings (SSSR count). The predicted molar refractivity (Wildman–Crippen MR) is 72.3 cm³/mol. The van der Waals surface area contributed by atoms with Crippen LogP contribution in [0.15, 0.2) is 24.3 Å². The van der Waals surface area contributed by atoms with Crippen molar-refractivity contribution in [3.8, 4) is 0 Å². The van der Waals surface area contributed by atoms with Gasteiger partial charge in [-0.25, -0.2) is 8.42 Å². The lowest BCUT2D eigenvalue weighted by atomic mass is 10.2. The number of carbonyl (C=O) groups is 1. The molecule has 0 saturated carbocycles. The molecular weight excluding hydrogens is 252 g/mol. The molecule has 0 aliphatic carbocycles. The van der Waals surface area contributed by atoms with Crippen molar-refractivity contribution < 1.29 is 13.2 Å². The summed E-state index contributed by atoms with van der Waals surface area (Å²) in [6.45, 7) is 3.76. The molecule has 1 amide bonds. The van der Waals surface area contributed by atoms with E-state index >= 15 is 0 Å². The molecule has 6 heteroatoms. The fraction of sp³-hybridized carbons (Fsp3) is 0.417. The van der Waals surface area contributed by atoms with Gasteiger partial charge in [0, 0.05) is 19.2 Å². The first-order valence-corrected chi connectivity index (χ1v) is 7.39. The van der Waals surface area contributed by atoms with Crippen molar-refractivity contribution in [2.24, 2.45) is 0 Å². The second-order valence-corrected chi connectivity index (χ2v) is 5.87. The summed E-state index contributed by atoms with van der Waals surface area (Å²) in [6, 6.07) is 6.51. The molecule has 1 aromatic carbocycles. The Balaban J connectivity index is 3.07. The van der Waals surface area contributed by atoms with Gasteiger partial charge in [-0.2, -0.15) is 0 Å². The van der Waals surface area contributed by atoms with Gasteiger partial charge in [-0.15, -0.1) is 0 Å². The van der Waals surface area contributed by atoms with E-state index in [4.69, 9.17) is 0 Å². The molecule has 0 unspecified atom stereocenters. The fourth-order valence-corrected chi connectivity index (χ4v) is 2.77. The molecule has 0 radical (unpaired) electrons. The second-order valence-electron chi connectivity index (χ2n) is 3.69. The minimum Gasteiger partial charge on any atom is -0.355 e. The van der Waals surface area contributed by atoms with Crippen LogP contribution in [0.2, 0.25) is 0 Å². The molecule has 0 bridgehead atoms. The fourth-order valence-electron chi connectivity index (χ4n) is 1.62. The molecule has 100 valence electrons. The molecule has 18 heavy (non-hydrogen) atoms. The Morgan fingerprint density at radius 3 is 2.17 bits per heavy atom. The van der Waals surface area contributed by atoms with E-state index in [2.05, 4.69) is 5.32 Å². The third-order valence-electron chi connectivity index (χ3n) is 2.63. The monoisotopic (exact) mass is 270 g/mol. The Labute approximate surface area is 108 Å². The lowest BCUT2D eigenvalue weighted by Gasteiger charge is -2.22. The lowest BCUT2D eigenvalue weighted by Crippen LogP contribution is -2.32. The summed E-state index contributed by atoms with van der Waals surface area (Å²) in [5.74, 6) is -0.138. The van der Waals surface area contributed by atoms with Crippen LogP contribution in [0.3, 0.4) is 0 Å². The standard InChI is InChI=1S/C12H18N2O3S/c1-4-14(18(16,17)5-2)11-8-6-10(7-9-11)12(15)13-3/h6-9H,4-5H2,1-3H3,(H,13,15). The summed E-state index contributed by atoms with van der Waals surface area (Å²) in [5.41, 5.74) is 1.08. The van der Waals surface area contributed by atoms with Crippen LogP contribution >= 0.6 is 0 Å². The van der Waals surface area contributed by atoms with Gasteiger partial charge in [0.15, 0.2) is 0 Å². The molecular formula is C12H18N2O3S. The Hall–Kier alpha value is -1.56. The van der Waals surface area contributed by atoms with Gasteiger partial charge in [0.25, 0.3) is 5.91 Å². The van der Waals surface area contributed by atoms with E-state index in [-0.39, 0.29) is 11.7 Å². The van der Waals surface area contributed by atoms with Crippen molar-refractivity contribution in [1.29, 1.82) is 0 Å². The van der Waals surface area contributed by atoms with Crippen molar-refractivity contribution >= 4 is 21.6 Å². The number of nitrogens with zero attached hydrogens (tertiary/aromatic N) is 1. The van der Waals surface area contributed by atoms with E-state index in [1.807, 2.05) is 0 Å². The third-order valence-corrected chi connectivity index (χ3v) is 4.50. The zero-order valence-corrected chi connectivity index (χ0v) is 11.6. The molecule has 0 saturated heterocycles. The minimum absolute atomic E-state index is 0.0536. The summed E-state index contributed by atoms with van der Waals surface area (Å²) >= 11 is 0. The first kappa shape index (κ1) is 14.5. The maximum Gasteiger partial charge on any atom is 0.251 e.